The molecule has 0 amide bonds. The maximum atomic E-state index is 12.0. The van der Waals surface area contributed by atoms with Crippen molar-refractivity contribution in [1.29, 1.82) is 0 Å². The molecule has 0 bridgehead atoms. The van der Waals surface area contributed by atoms with Crippen LogP contribution in [0, 0.1) is 0 Å². The molecular weight excluding hydrogens is 203 g/mol. The van der Waals surface area contributed by atoms with Gasteiger partial charge in [0.2, 0.25) is 7.37 Å². The third-order valence-electron chi connectivity index (χ3n) is 1.60. The van der Waals surface area contributed by atoms with E-state index >= 15 is 0 Å². The van der Waals surface area contributed by atoms with E-state index in [1.54, 1.807) is 13.8 Å². The van der Waals surface area contributed by atoms with Crippen LogP contribution in [0.2, 0.25) is 0 Å². The Balaban J connectivity index is 4.21. The predicted molar refractivity (Wildman–Crippen MR) is 55.9 cm³/mol. The Bertz CT molecular complexity index is 205. The number of hydrogen-bond acceptors (Lipinski definition) is 4. The Morgan fingerprint density at radius 3 is 2.29 bits per heavy atom. The number of esters is 1. The molecule has 0 aromatic heterocycles. The summed E-state index contributed by atoms with van der Waals surface area (Å²) in [5.41, 5.74) is 0. The van der Waals surface area contributed by atoms with E-state index in [-0.39, 0.29) is 6.16 Å². The van der Waals surface area contributed by atoms with Gasteiger partial charge in [-0.3, -0.25) is 9.36 Å². The van der Waals surface area contributed by atoms with E-state index in [0.717, 1.165) is 6.42 Å². The lowest BCUT2D eigenvalue weighted by molar-refractivity contribution is -0.140. The second kappa shape index (κ2) is 7.02. The van der Waals surface area contributed by atoms with Crippen molar-refractivity contribution in [3.63, 3.8) is 0 Å². The van der Waals surface area contributed by atoms with Crippen molar-refractivity contribution in [1.82, 2.24) is 0 Å². The van der Waals surface area contributed by atoms with E-state index in [0.29, 0.717) is 19.4 Å². The Kier molecular flexibility index (Phi) is 6.85. The lowest BCUT2D eigenvalue weighted by Gasteiger charge is -2.15. The Morgan fingerprint density at radius 2 is 1.86 bits per heavy atom. The van der Waals surface area contributed by atoms with Gasteiger partial charge in [-0.1, -0.05) is 6.92 Å². The van der Waals surface area contributed by atoms with Gasteiger partial charge in [-0.2, -0.15) is 0 Å². The monoisotopic (exact) mass is 222 g/mol. The van der Waals surface area contributed by atoms with Gasteiger partial charge in [0.1, 0.15) is 6.16 Å². The first-order chi connectivity index (χ1) is 6.58. The first kappa shape index (κ1) is 13.7. The van der Waals surface area contributed by atoms with Crippen LogP contribution < -0.4 is 0 Å². The van der Waals surface area contributed by atoms with E-state index in [1.807, 2.05) is 6.92 Å². The van der Waals surface area contributed by atoms with E-state index in [1.165, 1.54) is 0 Å². The van der Waals surface area contributed by atoms with Crippen molar-refractivity contribution in [3.8, 4) is 0 Å². The number of carbonyl (C=O) groups excluding carboxylic acids is 1. The molecule has 1 unspecified atom stereocenters. The highest BCUT2D eigenvalue weighted by Gasteiger charge is 2.26. The number of ether oxygens (including phenoxy) is 1. The number of carbonyl (C=O) groups is 1. The summed E-state index contributed by atoms with van der Waals surface area (Å²) < 4.78 is 21.9. The summed E-state index contributed by atoms with van der Waals surface area (Å²) >= 11 is 0. The van der Waals surface area contributed by atoms with Crippen molar-refractivity contribution in [3.05, 3.63) is 0 Å². The van der Waals surface area contributed by atoms with Crippen LogP contribution in [0.1, 0.15) is 27.2 Å². The van der Waals surface area contributed by atoms with E-state index < -0.39 is 13.3 Å². The molecule has 1 atom stereocenters. The fourth-order valence-electron chi connectivity index (χ4n) is 1.17. The molecule has 0 aliphatic carbocycles. The maximum absolute atomic E-state index is 12.0. The smallest absolute Gasteiger partial charge is 0.315 e. The minimum Gasteiger partial charge on any atom is -0.466 e. The summed E-state index contributed by atoms with van der Waals surface area (Å²) in [4.78, 5) is 11.1. The second-order valence-electron chi connectivity index (χ2n) is 2.92. The van der Waals surface area contributed by atoms with Crippen LogP contribution >= 0.6 is 7.37 Å². The Labute approximate surface area is 85.4 Å². The molecule has 0 saturated heterocycles. The van der Waals surface area contributed by atoms with E-state index in [2.05, 4.69) is 0 Å². The van der Waals surface area contributed by atoms with Gasteiger partial charge in [0.15, 0.2) is 0 Å². The third-order valence-corrected chi connectivity index (χ3v) is 4.20. The first-order valence-corrected chi connectivity index (χ1v) is 6.95. The molecule has 0 fully saturated rings. The van der Waals surface area contributed by atoms with Gasteiger partial charge < -0.3 is 9.26 Å². The molecule has 0 aromatic rings. The van der Waals surface area contributed by atoms with Gasteiger partial charge in [-0.25, -0.2) is 0 Å². The van der Waals surface area contributed by atoms with E-state index in [4.69, 9.17) is 9.26 Å². The SMILES string of the molecule is CCCP(=O)(CC(=O)OCC)OCC. The summed E-state index contributed by atoms with van der Waals surface area (Å²) in [7, 11) is -2.78. The molecule has 0 N–H and O–H groups in total. The van der Waals surface area contributed by atoms with Crippen LogP contribution in [0.4, 0.5) is 0 Å². The Morgan fingerprint density at radius 1 is 1.21 bits per heavy atom. The summed E-state index contributed by atoms with van der Waals surface area (Å²) in [6.07, 6.45) is 1.10. The molecule has 5 heteroatoms. The average Bonchev–Trinajstić information content (AvgIpc) is 2.04. The standard InChI is InChI=1S/C9H19O4P/c1-4-7-14(11,13-6-3)8-9(10)12-5-2/h4-8H2,1-3H3. The molecule has 0 saturated carbocycles. The highest BCUT2D eigenvalue weighted by Crippen LogP contribution is 2.47. The fourth-order valence-corrected chi connectivity index (χ4v) is 3.18. The summed E-state index contributed by atoms with van der Waals surface area (Å²) in [5.74, 6) is -0.433. The van der Waals surface area contributed by atoms with Gasteiger partial charge in [0, 0.05) is 6.16 Å². The predicted octanol–water partition coefficient (Wildman–Crippen LogP) is 2.27. The molecular formula is C9H19O4P. The molecule has 84 valence electrons. The van der Waals surface area contributed by atoms with Crippen molar-refractivity contribution < 1.29 is 18.6 Å². The van der Waals surface area contributed by atoms with Crippen molar-refractivity contribution in [2.24, 2.45) is 0 Å². The van der Waals surface area contributed by atoms with E-state index in [9.17, 15) is 9.36 Å². The van der Waals surface area contributed by atoms with Crippen molar-refractivity contribution >= 4 is 13.3 Å². The van der Waals surface area contributed by atoms with Crippen LogP contribution in [0.15, 0.2) is 0 Å². The largest absolute Gasteiger partial charge is 0.466 e. The van der Waals surface area contributed by atoms with Crippen molar-refractivity contribution in [2.45, 2.75) is 27.2 Å². The zero-order valence-electron chi connectivity index (χ0n) is 9.12. The minimum absolute atomic E-state index is 0.0947. The fraction of sp³-hybridized carbons (Fsp3) is 0.889. The summed E-state index contributed by atoms with van der Waals surface area (Å²) in [5, 5.41) is 0. The quantitative estimate of drug-likeness (QED) is 0.489. The topological polar surface area (TPSA) is 52.6 Å². The maximum Gasteiger partial charge on any atom is 0.315 e. The van der Waals surface area contributed by atoms with Crippen molar-refractivity contribution in [2.75, 3.05) is 25.5 Å². The molecule has 0 radical (unpaired) electrons. The van der Waals surface area contributed by atoms with Crippen LogP contribution in [0.3, 0.4) is 0 Å². The molecule has 14 heavy (non-hydrogen) atoms. The molecule has 0 spiro atoms. The summed E-state index contributed by atoms with van der Waals surface area (Å²) in [6.45, 7) is 6.10. The lowest BCUT2D eigenvalue weighted by atomic mass is 10.6. The van der Waals surface area contributed by atoms with Gasteiger partial charge >= 0.3 is 5.97 Å². The highest BCUT2D eigenvalue weighted by molar-refractivity contribution is 7.59. The minimum atomic E-state index is -2.78. The van der Waals surface area contributed by atoms with Gasteiger partial charge in [-0.15, -0.1) is 0 Å². The lowest BCUT2D eigenvalue weighted by Crippen LogP contribution is -2.12. The normalized spacial score (nSPS) is 14.8. The molecule has 0 aliphatic heterocycles. The highest BCUT2D eigenvalue weighted by atomic mass is 31.2. The van der Waals surface area contributed by atoms with Gasteiger partial charge in [-0.05, 0) is 20.3 Å². The number of hydrogen-bond donors (Lipinski definition) is 0. The van der Waals surface area contributed by atoms with Crippen LogP contribution in [-0.4, -0.2) is 31.5 Å². The third kappa shape index (κ3) is 5.40. The first-order valence-electron chi connectivity index (χ1n) is 4.96. The zero-order valence-corrected chi connectivity index (χ0v) is 10.0. The molecule has 0 aromatic carbocycles. The molecule has 4 nitrogen and oxygen atoms in total. The van der Waals surface area contributed by atoms with Crippen LogP contribution in [0.25, 0.3) is 0 Å². The second-order valence-corrected chi connectivity index (χ2v) is 5.57. The molecule has 0 rings (SSSR count). The average molecular weight is 222 g/mol. The zero-order chi connectivity index (χ0) is 11.0. The molecule has 0 aliphatic rings. The van der Waals surface area contributed by atoms with Crippen LogP contribution in [0.5, 0.6) is 0 Å². The van der Waals surface area contributed by atoms with Gasteiger partial charge in [0.25, 0.3) is 0 Å². The number of rotatable bonds is 7. The Hall–Kier alpha value is -0.340. The van der Waals surface area contributed by atoms with Crippen LogP contribution in [-0.2, 0) is 18.6 Å². The molecule has 0 heterocycles. The van der Waals surface area contributed by atoms with Gasteiger partial charge in [0.05, 0.1) is 13.2 Å². The summed E-state index contributed by atoms with van der Waals surface area (Å²) in [6, 6.07) is 0.